The Balaban J connectivity index is 0.000000415. The van der Waals surface area contributed by atoms with E-state index in [9.17, 15) is 14.4 Å². The summed E-state index contributed by atoms with van der Waals surface area (Å²) in [5, 5.41) is 12.9. The topological polar surface area (TPSA) is 168 Å². The van der Waals surface area contributed by atoms with Gasteiger partial charge in [0.05, 0.1) is 6.20 Å². The molecular formula is C35H48N8O3. The number of unbranched alkanes of at least 4 members (excludes halogenated alkanes) is 2. The van der Waals surface area contributed by atoms with Gasteiger partial charge in [-0.3, -0.25) is 24.4 Å². The Morgan fingerprint density at radius 2 is 1.98 bits per heavy atom. The molecule has 246 valence electrons. The molecule has 3 heterocycles. The summed E-state index contributed by atoms with van der Waals surface area (Å²) in [7, 11) is 0. The molecule has 0 spiro atoms. The van der Waals surface area contributed by atoms with E-state index in [1.165, 1.54) is 10.8 Å². The first kappa shape index (κ1) is 37.3. The van der Waals surface area contributed by atoms with Gasteiger partial charge in [-0.05, 0) is 63.6 Å². The molecule has 0 radical (unpaired) electrons. The zero-order valence-corrected chi connectivity index (χ0v) is 27.7. The molecule has 0 fully saturated rings. The van der Waals surface area contributed by atoms with E-state index < -0.39 is 11.6 Å². The van der Waals surface area contributed by atoms with E-state index in [4.69, 9.17) is 11.1 Å². The zero-order valence-electron chi connectivity index (χ0n) is 27.7. The van der Waals surface area contributed by atoms with Crippen molar-refractivity contribution < 1.29 is 9.59 Å². The van der Waals surface area contributed by atoms with Crippen LogP contribution in [0.1, 0.15) is 89.2 Å². The van der Waals surface area contributed by atoms with Crippen molar-refractivity contribution in [2.45, 2.75) is 85.6 Å². The van der Waals surface area contributed by atoms with Crippen LogP contribution >= 0.6 is 0 Å². The molecule has 0 bridgehead atoms. The molecule has 2 amide bonds. The number of pyridine rings is 1. The van der Waals surface area contributed by atoms with Gasteiger partial charge in [-0.25, -0.2) is 15.0 Å². The van der Waals surface area contributed by atoms with Gasteiger partial charge in [-0.15, -0.1) is 0 Å². The van der Waals surface area contributed by atoms with Crippen LogP contribution in [0.3, 0.4) is 0 Å². The summed E-state index contributed by atoms with van der Waals surface area (Å²) < 4.78 is 1.38. The van der Waals surface area contributed by atoms with Crippen LogP contribution in [0.2, 0.25) is 0 Å². The largest absolute Gasteiger partial charge is 0.384 e. The molecule has 11 heteroatoms. The highest BCUT2D eigenvalue weighted by Gasteiger charge is 2.31. The van der Waals surface area contributed by atoms with Gasteiger partial charge in [0.2, 0.25) is 12.3 Å². The van der Waals surface area contributed by atoms with Crippen molar-refractivity contribution in [1.29, 1.82) is 5.41 Å². The molecule has 3 rings (SSSR count). The van der Waals surface area contributed by atoms with Crippen LogP contribution in [0, 0.1) is 12.3 Å². The monoisotopic (exact) mass is 628 g/mol. The number of carbonyl (C=O) groups excluding carboxylic acids is 2. The average Bonchev–Trinajstić information content (AvgIpc) is 3.46. The van der Waals surface area contributed by atoms with Gasteiger partial charge in [0.15, 0.2) is 5.84 Å². The molecule has 0 aliphatic carbocycles. The predicted molar refractivity (Wildman–Crippen MR) is 188 cm³/mol. The summed E-state index contributed by atoms with van der Waals surface area (Å²) in [6.07, 6.45) is 19.5. The van der Waals surface area contributed by atoms with Gasteiger partial charge in [0.1, 0.15) is 23.4 Å². The van der Waals surface area contributed by atoms with Crippen molar-refractivity contribution in [3.63, 3.8) is 0 Å². The number of nitrogens with one attached hydrogen (secondary N) is 3. The number of nitrogens with two attached hydrogens (primary N) is 1. The molecule has 2 aromatic heterocycles. The Hall–Kier alpha value is -4.93. The maximum Gasteiger partial charge on any atom is 0.278 e. The lowest BCUT2D eigenvalue weighted by Gasteiger charge is -2.16. The van der Waals surface area contributed by atoms with Crippen molar-refractivity contribution in [2.75, 3.05) is 17.6 Å². The Morgan fingerprint density at radius 1 is 1.22 bits per heavy atom. The quantitative estimate of drug-likeness (QED) is 0.0881. The van der Waals surface area contributed by atoms with Gasteiger partial charge < -0.3 is 16.4 Å². The van der Waals surface area contributed by atoms with E-state index in [0.29, 0.717) is 43.0 Å². The molecule has 1 atom stereocenters. The maximum atomic E-state index is 12.9. The van der Waals surface area contributed by atoms with Crippen molar-refractivity contribution in [2.24, 2.45) is 4.99 Å². The second-order valence-electron chi connectivity index (χ2n) is 11.2. The molecule has 0 saturated carbocycles. The number of fused-ring (bicyclic) bond motifs is 1. The Bertz CT molecular complexity index is 1560. The second-order valence-corrected chi connectivity index (χ2v) is 11.2. The number of carbonyl (C=O) groups is 2. The van der Waals surface area contributed by atoms with Crippen LogP contribution in [0.5, 0.6) is 0 Å². The Morgan fingerprint density at radius 3 is 2.63 bits per heavy atom. The number of hydrogen-bond acceptors (Lipinski definition) is 7. The first-order chi connectivity index (χ1) is 22.0. The molecule has 0 aromatic carbocycles. The fourth-order valence-electron chi connectivity index (χ4n) is 4.60. The van der Waals surface area contributed by atoms with Gasteiger partial charge in [-0.2, -0.15) is 0 Å². The fourth-order valence-corrected chi connectivity index (χ4v) is 4.60. The first-order valence-electron chi connectivity index (χ1n) is 15.6. The van der Waals surface area contributed by atoms with Crippen LogP contribution in [0.25, 0.3) is 6.08 Å². The lowest BCUT2D eigenvalue weighted by Crippen LogP contribution is -2.37. The number of amides is 2. The number of aryl methyl sites for hydroxylation is 2. The highest BCUT2D eigenvalue weighted by Crippen LogP contribution is 2.23. The summed E-state index contributed by atoms with van der Waals surface area (Å²) in [5.41, 5.74) is 9.95. The third kappa shape index (κ3) is 11.9. The predicted octanol–water partition coefficient (Wildman–Crippen LogP) is 5.89. The van der Waals surface area contributed by atoms with Crippen molar-refractivity contribution in [3.05, 3.63) is 87.8 Å². The molecule has 0 saturated heterocycles. The number of rotatable bonds is 14. The lowest BCUT2D eigenvalue weighted by molar-refractivity contribution is -0.124. The van der Waals surface area contributed by atoms with Crippen LogP contribution in [0.4, 0.5) is 11.5 Å². The van der Waals surface area contributed by atoms with E-state index in [-0.39, 0.29) is 17.4 Å². The van der Waals surface area contributed by atoms with Crippen molar-refractivity contribution >= 4 is 41.4 Å². The third-order valence-electron chi connectivity index (χ3n) is 7.05. The zero-order chi connectivity index (χ0) is 34.1. The van der Waals surface area contributed by atoms with E-state index in [1.54, 1.807) is 12.3 Å². The van der Waals surface area contributed by atoms with E-state index >= 15 is 0 Å². The summed E-state index contributed by atoms with van der Waals surface area (Å²) >= 11 is 0. The minimum atomic E-state index is -0.643. The summed E-state index contributed by atoms with van der Waals surface area (Å²) in [5.74, 6) is 1.02. The number of nitrogen functional groups attached to an aromatic ring is 1. The number of anilines is 2. The summed E-state index contributed by atoms with van der Waals surface area (Å²) in [6.45, 7) is 14.1. The lowest BCUT2D eigenvalue weighted by atomic mass is 10.0. The SMILES string of the molecule is C=C(/C=C\C=C/CCC)C(=N)N=C(C)C.CCCC/C(=C\c1cnc(N)cc1C)CNC(=O)C1CCc2ncc(NC=O)c(=O)n21. The second kappa shape index (κ2) is 19.5. The van der Waals surface area contributed by atoms with Crippen LogP contribution < -0.4 is 21.9 Å². The normalized spacial score (nSPS) is 13.9. The van der Waals surface area contributed by atoms with Gasteiger partial charge >= 0.3 is 0 Å². The van der Waals surface area contributed by atoms with E-state index in [2.05, 4.69) is 52.1 Å². The maximum absolute atomic E-state index is 12.9. The highest BCUT2D eigenvalue weighted by atomic mass is 16.2. The third-order valence-corrected chi connectivity index (χ3v) is 7.05. The van der Waals surface area contributed by atoms with Crippen LogP contribution in [0.15, 0.2) is 70.3 Å². The van der Waals surface area contributed by atoms with Crippen LogP contribution in [-0.4, -0.2) is 44.9 Å². The van der Waals surface area contributed by atoms with Gasteiger partial charge in [-0.1, -0.05) is 69.2 Å². The molecule has 46 heavy (non-hydrogen) atoms. The first-order valence-corrected chi connectivity index (χ1v) is 15.6. The summed E-state index contributed by atoms with van der Waals surface area (Å²) in [4.78, 5) is 48.7. The number of hydrogen-bond donors (Lipinski definition) is 4. The minimum Gasteiger partial charge on any atom is -0.384 e. The molecule has 1 aliphatic heterocycles. The highest BCUT2D eigenvalue weighted by molar-refractivity contribution is 6.05. The molecule has 5 N–H and O–H groups in total. The number of nitrogens with zero attached hydrogens (tertiary/aromatic N) is 4. The Kier molecular flexibility index (Phi) is 15.8. The molecule has 2 aromatic rings. The minimum absolute atomic E-state index is 0.0632. The van der Waals surface area contributed by atoms with Gasteiger partial charge in [0.25, 0.3) is 5.56 Å². The van der Waals surface area contributed by atoms with Gasteiger partial charge in [0, 0.05) is 30.4 Å². The molecule has 11 nitrogen and oxygen atoms in total. The average molecular weight is 629 g/mol. The Labute approximate surface area is 272 Å². The van der Waals surface area contributed by atoms with Crippen LogP contribution in [-0.2, 0) is 16.0 Å². The summed E-state index contributed by atoms with van der Waals surface area (Å²) in [6, 6.07) is 1.18. The molecular weight excluding hydrogens is 580 g/mol. The number of amidine groups is 1. The molecule has 1 unspecified atom stereocenters. The van der Waals surface area contributed by atoms with Crippen molar-refractivity contribution in [3.8, 4) is 0 Å². The van der Waals surface area contributed by atoms with E-state index in [1.807, 2.05) is 45.1 Å². The standard InChI is InChI=1S/C22H28N6O3.C13H20N2/c1-3-4-5-15(9-16-11-24-19(23)8-14(16)2)10-26-21(30)18-6-7-20-25-12-17(27-13-29)22(31)28(18)20;1-5-6-7-8-9-10-12(4)13(14)15-11(2)3/h8-9,11-13,18H,3-7,10H2,1-2H3,(H2,23,24)(H,26,30)(H,27,29);7-10,14H,4-6H2,1-3H3/b15-9+;8-7-,10-9-,14-13?. The number of aromatic nitrogens is 3. The number of aliphatic imine (C=N–C) groups is 1. The number of allylic oxidation sites excluding steroid dienone is 3. The smallest absolute Gasteiger partial charge is 0.278 e. The van der Waals surface area contributed by atoms with Crippen molar-refractivity contribution in [1.82, 2.24) is 19.9 Å². The fraction of sp³-hybridized carbons (Fsp3) is 0.400. The molecule has 1 aliphatic rings. The van der Waals surface area contributed by atoms with E-state index in [0.717, 1.165) is 54.5 Å².